The van der Waals surface area contributed by atoms with Crippen molar-refractivity contribution in [1.29, 1.82) is 0 Å². The Labute approximate surface area is 255 Å². The third kappa shape index (κ3) is 12.3. The van der Waals surface area contributed by atoms with Crippen molar-refractivity contribution in [2.75, 3.05) is 13.2 Å². The number of carbonyl (C=O) groups excluding carboxylic acids is 2. The molecule has 232 valence electrons. The van der Waals surface area contributed by atoms with Crippen LogP contribution in [0.5, 0.6) is 0 Å². The van der Waals surface area contributed by atoms with E-state index in [4.69, 9.17) is 4.74 Å². The zero-order valence-corrected chi connectivity index (χ0v) is 25.6. The van der Waals surface area contributed by atoms with E-state index >= 15 is 0 Å². The van der Waals surface area contributed by atoms with Gasteiger partial charge >= 0.3 is 17.2 Å². The lowest BCUT2D eigenvalue weighted by molar-refractivity contribution is -0.161. The normalized spacial score (nSPS) is 11.3. The maximum absolute atomic E-state index is 12.8. The summed E-state index contributed by atoms with van der Waals surface area (Å²) < 4.78 is 65.1. The van der Waals surface area contributed by atoms with Crippen molar-refractivity contribution in [2.24, 2.45) is 0 Å². The Morgan fingerprint density at radius 2 is 1.07 bits per heavy atom. The van der Waals surface area contributed by atoms with Crippen molar-refractivity contribution < 1.29 is 40.8 Å². The van der Waals surface area contributed by atoms with Crippen molar-refractivity contribution >= 4 is 33.0 Å². The van der Waals surface area contributed by atoms with E-state index in [9.17, 15) is 31.3 Å². The number of carbonyl (C=O) groups is 2. The van der Waals surface area contributed by atoms with Gasteiger partial charge in [0.25, 0.3) is 0 Å². The summed E-state index contributed by atoms with van der Waals surface area (Å²) in [6.45, 7) is 4.90. The zero-order chi connectivity index (χ0) is 31.7. The fraction of sp³-hybridized carbons (Fsp3) is 0.312. The summed E-state index contributed by atoms with van der Waals surface area (Å²) in [5, 5.41) is -5.06. The summed E-state index contributed by atoms with van der Waals surface area (Å²) in [4.78, 5) is 26.0. The van der Waals surface area contributed by atoms with Crippen molar-refractivity contribution in [2.45, 2.75) is 65.4 Å². The summed E-state index contributed by atoms with van der Waals surface area (Å²) in [6, 6.07) is 32.2. The number of halogens is 2. The molecule has 7 nitrogen and oxygen atoms in total. The first-order chi connectivity index (χ1) is 20.4. The lowest BCUT2D eigenvalue weighted by atomic mass is 10.1. The highest BCUT2D eigenvalue weighted by Gasteiger charge is 2.48. The van der Waals surface area contributed by atoms with Crippen LogP contribution in [0.15, 0.2) is 118 Å². The Morgan fingerprint density at radius 3 is 1.42 bits per heavy atom. The molecule has 0 N–H and O–H groups in total. The monoisotopic (exact) mass is 634 g/mol. The van der Waals surface area contributed by atoms with E-state index in [-0.39, 0.29) is 23.9 Å². The first-order valence-corrected chi connectivity index (χ1v) is 16.3. The average molecular weight is 635 g/mol. The van der Waals surface area contributed by atoms with E-state index in [1.165, 1.54) is 14.7 Å². The molecular weight excluding hydrogens is 598 g/mol. The van der Waals surface area contributed by atoms with Crippen LogP contribution in [0.2, 0.25) is 0 Å². The zero-order valence-electron chi connectivity index (χ0n) is 24.0. The van der Waals surface area contributed by atoms with E-state index in [1.807, 2.05) is 0 Å². The maximum Gasteiger partial charge on any atom is 0.428 e. The summed E-state index contributed by atoms with van der Waals surface area (Å²) in [6.07, 6.45) is 3.88. The number of alkyl halides is 2. The number of benzene rings is 3. The predicted molar refractivity (Wildman–Crippen MR) is 161 cm³/mol. The van der Waals surface area contributed by atoms with Crippen LogP contribution in [0, 0.1) is 0 Å². The van der Waals surface area contributed by atoms with Gasteiger partial charge < -0.3 is 14.0 Å². The van der Waals surface area contributed by atoms with Gasteiger partial charge in [-0.1, -0.05) is 86.9 Å². The van der Waals surface area contributed by atoms with Gasteiger partial charge in [0.1, 0.15) is 0 Å². The summed E-state index contributed by atoms with van der Waals surface area (Å²) in [5.41, 5.74) is 0.333. The molecule has 0 heterocycles. The van der Waals surface area contributed by atoms with Gasteiger partial charge in [-0.2, -0.15) is 8.78 Å². The van der Waals surface area contributed by atoms with E-state index < -0.39 is 27.3 Å². The number of esters is 2. The van der Waals surface area contributed by atoms with Gasteiger partial charge in [-0.05, 0) is 56.2 Å². The van der Waals surface area contributed by atoms with E-state index in [0.717, 1.165) is 19.3 Å². The molecule has 0 unspecified atom stereocenters. The molecule has 3 rings (SSSR count). The van der Waals surface area contributed by atoms with Gasteiger partial charge in [-0.3, -0.25) is 0 Å². The highest BCUT2D eigenvalue weighted by molar-refractivity contribution is 7.97. The molecule has 11 heteroatoms. The third-order valence-electron chi connectivity index (χ3n) is 5.84. The lowest BCUT2D eigenvalue weighted by Gasteiger charge is -2.17. The number of hydrogen-bond acceptors (Lipinski definition) is 7. The Morgan fingerprint density at radius 1 is 0.721 bits per heavy atom. The number of ether oxygens (including phenoxy) is 2. The second-order valence-corrected chi connectivity index (χ2v) is 12.8. The van der Waals surface area contributed by atoms with Crippen molar-refractivity contribution in [3.05, 3.63) is 103 Å². The largest absolute Gasteiger partial charge is 0.743 e. The van der Waals surface area contributed by atoms with Crippen molar-refractivity contribution in [3.63, 3.8) is 0 Å². The first kappa shape index (κ1) is 35.7. The number of rotatable bonds is 15. The summed E-state index contributed by atoms with van der Waals surface area (Å²) in [7, 11) is -6.09. The standard InChI is InChI=1S/C18H15S.C14H22F2O7S/c1-4-10-16(11-5-1)19(17-12-6-2-7-13-17)18-14-8-3-9-15-18;1-11(2)12(17)22-9-7-5-3-4-6-8-10-23-13(18)14(15,16)24(19,20)21/h1-15H;1,3-10H2,2H3,(H,19,20,21)/q+1;/p-1. The Hall–Kier alpha value is -3.54. The maximum atomic E-state index is 12.8. The van der Waals surface area contributed by atoms with Crippen molar-refractivity contribution in [1.82, 2.24) is 0 Å². The van der Waals surface area contributed by atoms with Crippen LogP contribution in [-0.2, 0) is 40.1 Å². The number of unbranched alkanes of at least 4 members (excludes halogenated alkanes) is 5. The molecule has 0 amide bonds. The van der Waals surface area contributed by atoms with Crippen LogP contribution >= 0.6 is 0 Å². The minimum absolute atomic E-state index is 0.0146. The molecular formula is C32H36F2O7S2. The van der Waals surface area contributed by atoms with E-state index in [1.54, 1.807) is 6.92 Å². The topological polar surface area (TPSA) is 110 Å². The smallest absolute Gasteiger partial charge is 0.428 e. The molecule has 0 saturated carbocycles. The minimum Gasteiger partial charge on any atom is -0.743 e. The van der Waals surface area contributed by atoms with Gasteiger partial charge in [0.2, 0.25) is 0 Å². The Kier molecular flexibility index (Phi) is 15.1. The first-order valence-electron chi connectivity index (χ1n) is 13.7. The third-order valence-corrected chi connectivity index (χ3v) is 8.87. The van der Waals surface area contributed by atoms with Gasteiger partial charge in [0.05, 0.1) is 24.1 Å². The highest BCUT2D eigenvalue weighted by Crippen LogP contribution is 2.30. The van der Waals surface area contributed by atoms with Crippen molar-refractivity contribution in [3.8, 4) is 0 Å². The average Bonchev–Trinajstić information content (AvgIpc) is 2.99. The summed E-state index contributed by atoms with van der Waals surface area (Å²) in [5.74, 6) is -2.79. The molecule has 0 aliphatic rings. The van der Waals surface area contributed by atoms with Gasteiger partial charge in [-0.25, -0.2) is 18.0 Å². The molecule has 3 aromatic rings. The molecule has 0 atom stereocenters. The molecule has 43 heavy (non-hydrogen) atoms. The second-order valence-electron chi connectivity index (χ2n) is 9.39. The van der Waals surface area contributed by atoms with E-state index in [2.05, 4.69) is 102 Å². The predicted octanol–water partition coefficient (Wildman–Crippen LogP) is 6.91. The minimum atomic E-state index is -6.07. The number of hydrogen-bond donors (Lipinski definition) is 0. The van der Waals surface area contributed by atoms with Gasteiger partial charge in [0, 0.05) is 5.57 Å². The molecule has 0 aromatic heterocycles. The molecule has 0 bridgehead atoms. The summed E-state index contributed by atoms with van der Waals surface area (Å²) >= 11 is 0. The molecule has 0 aliphatic carbocycles. The van der Waals surface area contributed by atoms with Crippen LogP contribution in [0.1, 0.15) is 45.4 Å². The van der Waals surface area contributed by atoms with Crippen LogP contribution in [0.4, 0.5) is 8.78 Å². The van der Waals surface area contributed by atoms with E-state index in [0.29, 0.717) is 25.0 Å². The highest BCUT2D eigenvalue weighted by atomic mass is 32.2. The quantitative estimate of drug-likeness (QED) is 0.0588. The fourth-order valence-corrected chi connectivity index (χ4v) is 6.00. The Bertz CT molecular complexity index is 1290. The van der Waals surface area contributed by atoms with Crippen LogP contribution in [-0.4, -0.2) is 43.4 Å². The van der Waals surface area contributed by atoms with Gasteiger partial charge in [0.15, 0.2) is 24.8 Å². The lowest BCUT2D eigenvalue weighted by Crippen LogP contribution is -2.39. The Balaban J connectivity index is 0.000000306. The molecule has 0 aliphatic heterocycles. The molecule has 0 saturated heterocycles. The molecule has 0 fully saturated rings. The van der Waals surface area contributed by atoms with Crippen LogP contribution in [0.3, 0.4) is 0 Å². The van der Waals surface area contributed by atoms with Gasteiger partial charge in [-0.15, -0.1) is 0 Å². The molecule has 0 radical (unpaired) electrons. The molecule has 0 spiro atoms. The fourth-order valence-electron chi connectivity index (χ4n) is 3.63. The SMILES string of the molecule is C=C(C)C(=O)OCCCCCCCCOC(=O)C(F)(F)S(=O)(=O)[O-].c1ccc([S+](c2ccccc2)c2ccccc2)cc1. The van der Waals surface area contributed by atoms with Crippen LogP contribution < -0.4 is 0 Å². The van der Waals surface area contributed by atoms with Crippen LogP contribution in [0.25, 0.3) is 0 Å². The molecule has 3 aromatic carbocycles. The second kappa shape index (κ2) is 18.2.